The van der Waals surface area contributed by atoms with Crippen LogP contribution in [0.25, 0.3) is 10.8 Å². The minimum Gasteiger partial charge on any atom is -0.493 e. The molecule has 5 nitrogen and oxygen atoms in total. The fourth-order valence-electron chi connectivity index (χ4n) is 2.92. The van der Waals surface area contributed by atoms with Gasteiger partial charge in [0, 0.05) is 12.0 Å². The number of aromatic amines is 1. The number of rotatable bonds is 9. The highest BCUT2D eigenvalue weighted by Gasteiger charge is 2.09. The van der Waals surface area contributed by atoms with Crippen LogP contribution in [0.15, 0.2) is 41.5 Å². The average molecular weight is 383 g/mol. The second-order valence-corrected chi connectivity index (χ2v) is 6.89. The van der Waals surface area contributed by atoms with E-state index in [4.69, 9.17) is 17.0 Å². The van der Waals surface area contributed by atoms with Crippen molar-refractivity contribution >= 4 is 29.2 Å². The first kappa shape index (κ1) is 19.3. The van der Waals surface area contributed by atoms with E-state index in [1.165, 1.54) is 0 Å². The van der Waals surface area contributed by atoms with Crippen LogP contribution in [0.2, 0.25) is 0 Å². The van der Waals surface area contributed by atoms with Crippen LogP contribution in [-0.4, -0.2) is 27.7 Å². The Labute approximate surface area is 165 Å². The van der Waals surface area contributed by atoms with Gasteiger partial charge in [-0.1, -0.05) is 57.0 Å². The first-order valence-electron chi connectivity index (χ1n) is 9.59. The molecule has 0 amide bonds. The highest BCUT2D eigenvalue weighted by molar-refractivity contribution is 7.71. The van der Waals surface area contributed by atoms with Crippen molar-refractivity contribution in [2.24, 2.45) is 5.10 Å². The summed E-state index contributed by atoms with van der Waals surface area (Å²) < 4.78 is 8.25. The van der Waals surface area contributed by atoms with Crippen LogP contribution in [-0.2, 0) is 6.42 Å². The second kappa shape index (κ2) is 9.46. The number of H-pyrrole nitrogens is 1. The molecule has 1 aromatic heterocycles. The number of nitrogens with zero attached hydrogens (tertiary/aromatic N) is 3. The Kier molecular flexibility index (Phi) is 6.76. The van der Waals surface area contributed by atoms with E-state index in [9.17, 15) is 0 Å². The molecule has 0 aliphatic carbocycles. The van der Waals surface area contributed by atoms with Gasteiger partial charge < -0.3 is 4.74 Å². The maximum Gasteiger partial charge on any atom is 0.216 e. The summed E-state index contributed by atoms with van der Waals surface area (Å²) in [6.07, 6.45) is 6.96. The Morgan fingerprint density at radius 3 is 2.78 bits per heavy atom. The van der Waals surface area contributed by atoms with Gasteiger partial charge in [-0.15, -0.1) is 0 Å². The van der Waals surface area contributed by atoms with Gasteiger partial charge in [-0.2, -0.15) is 14.9 Å². The summed E-state index contributed by atoms with van der Waals surface area (Å²) in [6.45, 7) is 5.01. The van der Waals surface area contributed by atoms with Crippen molar-refractivity contribution in [3.63, 3.8) is 0 Å². The number of ether oxygens (including phenoxy) is 1. The van der Waals surface area contributed by atoms with Crippen molar-refractivity contribution in [2.75, 3.05) is 6.61 Å². The molecule has 0 radical (unpaired) electrons. The number of hydrogen-bond donors (Lipinski definition) is 1. The molecule has 0 aliphatic heterocycles. The molecule has 0 spiro atoms. The third-order valence-electron chi connectivity index (χ3n) is 4.46. The molecule has 1 heterocycles. The molecule has 0 atom stereocenters. The molecule has 0 bridgehead atoms. The predicted molar refractivity (Wildman–Crippen MR) is 113 cm³/mol. The summed E-state index contributed by atoms with van der Waals surface area (Å²) in [6, 6.07) is 12.4. The molecule has 3 rings (SSSR count). The number of fused-ring (bicyclic) bond motifs is 1. The van der Waals surface area contributed by atoms with Gasteiger partial charge in [0.15, 0.2) is 5.82 Å². The van der Waals surface area contributed by atoms with Crippen LogP contribution in [0.1, 0.15) is 50.9 Å². The van der Waals surface area contributed by atoms with Gasteiger partial charge in [0.2, 0.25) is 4.77 Å². The highest BCUT2D eigenvalue weighted by atomic mass is 32.1. The molecule has 0 unspecified atom stereocenters. The standard InChI is InChI=1S/C21H26N4OS/c1-3-5-11-20-23-24-21(27)25(20)22-15-18-17-10-8-7-9-16(17)12-13-19(18)26-14-6-4-2/h7-10,12-13,15H,3-6,11,14H2,1-2H3,(H,24,27)/b22-15+. The Hall–Kier alpha value is -2.47. The Morgan fingerprint density at radius 2 is 1.96 bits per heavy atom. The van der Waals surface area contributed by atoms with Crippen LogP contribution in [0.5, 0.6) is 5.75 Å². The van der Waals surface area contributed by atoms with Crippen LogP contribution >= 0.6 is 12.2 Å². The van der Waals surface area contributed by atoms with Crippen molar-refractivity contribution in [1.29, 1.82) is 0 Å². The first-order valence-corrected chi connectivity index (χ1v) is 10.0. The lowest BCUT2D eigenvalue weighted by Crippen LogP contribution is -2.02. The lowest BCUT2D eigenvalue weighted by molar-refractivity contribution is 0.309. The SMILES string of the molecule is CCCCOc1ccc2ccccc2c1/C=N/n1c(CCCC)n[nH]c1=S. The Morgan fingerprint density at radius 1 is 1.15 bits per heavy atom. The van der Waals surface area contributed by atoms with Gasteiger partial charge >= 0.3 is 0 Å². The maximum atomic E-state index is 6.03. The van der Waals surface area contributed by atoms with Gasteiger partial charge in [0.25, 0.3) is 0 Å². The number of nitrogens with one attached hydrogen (secondary N) is 1. The van der Waals surface area contributed by atoms with E-state index in [-0.39, 0.29) is 0 Å². The van der Waals surface area contributed by atoms with Gasteiger partial charge in [0.1, 0.15) is 5.75 Å². The molecule has 2 aromatic carbocycles. The van der Waals surface area contributed by atoms with E-state index in [0.29, 0.717) is 11.4 Å². The lowest BCUT2D eigenvalue weighted by atomic mass is 10.0. The van der Waals surface area contributed by atoms with Gasteiger partial charge in [-0.3, -0.25) is 5.10 Å². The van der Waals surface area contributed by atoms with E-state index in [1.54, 1.807) is 4.68 Å². The summed E-state index contributed by atoms with van der Waals surface area (Å²) in [5.74, 6) is 1.70. The quantitative estimate of drug-likeness (QED) is 0.302. The second-order valence-electron chi connectivity index (χ2n) is 6.51. The molecule has 0 saturated heterocycles. The molecule has 6 heteroatoms. The zero-order valence-corrected chi connectivity index (χ0v) is 16.8. The third kappa shape index (κ3) is 4.63. The number of benzene rings is 2. The smallest absolute Gasteiger partial charge is 0.216 e. The number of unbranched alkanes of at least 4 members (excludes halogenated alkanes) is 2. The van der Waals surface area contributed by atoms with Gasteiger partial charge in [-0.25, -0.2) is 0 Å². The number of aryl methyl sites for hydroxylation is 1. The van der Waals surface area contributed by atoms with Crippen molar-refractivity contribution in [1.82, 2.24) is 14.9 Å². The Balaban J connectivity index is 2.00. The van der Waals surface area contributed by atoms with Crippen LogP contribution in [0, 0.1) is 4.77 Å². The minimum atomic E-state index is 0.506. The molecule has 27 heavy (non-hydrogen) atoms. The number of aromatic nitrogens is 3. The molecular formula is C21H26N4OS. The zero-order chi connectivity index (χ0) is 19.1. The normalized spacial score (nSPS) is 11.5. The number of hydrogen-bond acceptors (Lipinski definition) is 4. The van der Waals surface area contributed by atoms with Gasteiger partial charge in [-0.05, 0) is 41.9 Å². The van der Waals surface area contributed by atoms with Crippen LogP contribution < -0.4 is 4.74 Å². The monoisotopic (exact) mass is 382 g/mol. The largest absolute Gasteiger partial charge is 0.493 e. The van der Waals surface area contributed by atoms with Crippen molar-refractivity contribution in [2.45, 2.75) is 46.0 Å². The third-order valence-corrected chi connectivity index (χ3v) is 4.72. The lowest BCUT2D eigenvalue weighted by Gasteiger charge is -2.11. The van der Waals surface area contributed by atoms with Crippen molar-refractivity contribution in [3.8, 4) is 5.75 Å². The fourth-order valence-corrected chi connectivity index (χ4v) is 3.11. The van der Waals surface area contributed by atoms with Crippen LogP contribution in [0.3, 0.4) is 0 Å². The average Bonchev–Trinajstić information content (AvgIpc) is 3.05. The van der Waals surface area contributed by atoms with Gasteiger partial charge in [0.05, 0.1) is 12.8 Å². The first-order chi connectivity index (χ1) is 13.2. The molecule has 0 saturated carbocycles. The molecule has 1 N–H and O–H groups in total. The molecular weight excluding hydrogens is 356 g/mol. The molecule has 142 valence electrons. The summed E-state index contributed by atoms with van der Waals surface area (Å²) in [4.78, 5) is 0. The van der Waals surface area contributed by atoms with Crippen molar-refractivity contribution in [3.05, 3.63) is 52.6 Å². The van der Waals surface area contributed by atoms with Crippen LogP contribution in [0.4, 0.5) is 0 Å². The van der Waals surface area contributed by atoms with Crippen molar-refractivity contribution < 1.29 is 4.74 Å². The van der Waals surface area contributed by atoms with E-state index in [2.05, 4.69) is 47.3 Å². The van der Waals surface area contributed by atoms with E-state index in [1.807, 2.05) is 24.4 Å². The highest BCUT2D eigenvalue weighted by Crippen LogP contribution is 2.27. The minimum absolute atomic E-state index is 0.506. The summed E-state index contributed by atoms with van der Waals surface area (Å²) in [5, 5.41) is 14.1. The topological polar surface area (TPSA) is 55.2 Å². The van der Waals surface area contributed by atoms with E-state index < -0.39 is 0 Å². The fraction of sp³-hybridized carbons (Fsp3) is 0.381. The summed E-state index contributed by atoms with van der Waals surface area (Å²) in [7, 11) is 0. The molecule has 0 aliphatic rings. The Bertz CT molecular complexity index is 974. The predicted octanol–water partition coefficient (Wildman–Crippen LogP) is 5.50. The molecule has 0 fully saturated rings. The molecule has 3 aromatic rings. The maximum absolute atomic E-state index is 6.03. The van der Waals surface area contributed by atoms with E-state index in [0.717, 1.165) is 60.0 Å². The summed E-state index contributed by atoms with van der Waals surface area (Å²) >= 11 is 5.35. The van der Waals surface area contributed by atoms with E-state index >= 15 is 0 Å². The summed E-state index contributed by atoms with van der Waals surface area (Å²) in [5.41, 5.74) is 0.966. The zero-order valence-electron chi connectivity index (χ0n) is 15.9.